The zero-order valence-corrected chi connectivity index (χ0v) is 13.2. The van der Waals surface area contributed by atoms with Crippen LogP contribution in [0.2, 0.25) is 0 Å². The second-order valence-corrected chi connectivity index (χ2v) is 6.58. The number of hydrogen-bond donors (Lipinski definition) is 2. The molecule has 0 spiro atoms. The van der Waals surface area contributed by atoms with Crippen molar-refractivity contribution in [2.75, 3.05) is 14.2 Å². The van der Waals surface area contributed by atoms with Crippen molar-refractivity contribution >= 4 is 0 Å². The first-order valence-corrected chi connectivity index (χ1v) is 6.69. The molecule has 0 amide bonds. The molecule has 0 bridgehead atoms. The number of ether oxygens (including phenoxy) is 1. The van der Waals surface area contributed by atoms with E-state index in [9.17, 15) is 5.11 Å². The predicted molar refractivity (Wildman–Crippen MR) is 79.8 cm³/mol. The lowest BCUT2D eigenvalue weighted by Crippen LogP contribution is -2.37. The molecule has 0 saturated carbocycles. The zero-order valence-electron chi connectivity index (χ0n) is 13.2. The topological polar surface area (TPSA) is 41.5 Å². The molecule has 19 heavy (non-hydrogen) atoms. The largest absolute Gasteiger partial charge is 0.496 e. The van der Waals surface area contributed by atoms with Gasteiger partial charge in [0.05, 0.1) is 18.8 Å². The van der Waals surface area contributed by atoms with Gasteiger partial charge in [0.15, 0.2) is 0 Å². The third-order valence-corrected chi connectivity index (χ3v) is 3.40. The summed E-state index contributed by atoms with van der Waals surface area (Å²) in [5, 5.41) is 13.5. The lowest BCUT2D eigenvalue weighted by molar-refractivity contribution is 0.0391. The zero-order chi connectivity index (χ0) is 14.8. The maximum absolute atomic E-state index is 10.3. The van der Waals surface area contributed by atoms with Crippen LogP contribution >= 0.6 is 0 Å². The maximum Gasteiger partial charge on any atom is 0.123 e. The summed E-state index contributed by atoms with van der Waals surface area (Å²) in [7, 11) is 3.51. The Morgan fingerprint density at radius 2 is 1.74 bits per heavy atom. The molecule has 0 saturated heterocycles. The van der Waals surface area contributed by atoms with Gasteiger partial charge in [0.25, 0.3) is 0 Å². The van der Waals surface area contributed by atoms with E-state index in [0.717, 1.165) is 11.3 Å². The molecule has 1 aromatic rings. The van der Waals surface area contributed by atoms with Gasteiger partial charge in [0, 0.05) is 5.56 Å². The molecule has 0 radical (unpaired) electrons. The molecule has 1 atom stereocenters. The highest BCUT2D eigenvalue weighted by Gasteiger charge is 2.30. The average Bonchev–Trinajstić information content (AvgIpc) is 2.26. The Labute approximate surface area is 117 Å². The number of hydrogen-bond acceptors (Lipinski definition) is 3. The van der Waals surface area contributed by atoms with Crippen molar-refractivity contribution in [1.82, 2.24) is 5.32 Å². The summed E-state index contributed by atoms with van der Waals surface area (Å²) in [4.78, 5) is 0. The minimum atomic E-state index is -0.863. The molecule has 108 valence electrons. The first kappa shape index (κ1) is 16.0. The van der Waals surface area contributed by atoms with Crippen LogP contribution in [0, 0.1) is 0 Å². The Balaban J connectivity index is 3.38. The smallest absolute Gasteiger partial charge is 0.123 e. The molecule has 3 heteroatoms. The molecule has 3 nitrogen and oxygen atoms in total. The van der Waals surface area contributed by atoms with Gasteiger partial charge in [-0.05, 0) is 44.0 Å². The van der Waals surface area contributed by atoms with Gasteiger partial charge in [-0.1, -0.05) is 26.8 Å². The fourth-order valence-electron chi connectivity index (χ4n) is 2.32. The Morgan fingerprint density at radius 1 is 1.16 bits per heavy atom. The normalized spacial score (nSPS) is 14.3. The minimum absolute atomic E-state index is 0.0684. The van der Waals surface area contributed by atoms with Crippen molar-refractivity contribution in [3.05, 3.63) is 29.3 Å². The van der Waals surface area contributed by atoms with Gasteiger partial charge >= 0.3 is 0 Å². The van der Waals surface area contributed by atoms with Crippen LogP contribution in [-0.4, -0.2) is 24.9 Å². The van der Waals surface area contributed by atoms with Crippen LogP contribution in [0.15, 0.2) is 18.2 Å². The van der Waals surface area contributed by atoms with E-state index in [-0.39, 0.29) is 11.5 Å². The van der Waals surface area contributed by atoms with Gasteiger partial charge in [0.2, 0.25) is 0 Å². The van der Waals surface area contributed by atoms with Crippen LogP contribution in [0.4, 0.5) is 0 Å². The maximum atomic E-state index is 10.3. The summed E-state index contributed by atoms with van der Waals surface area (Å²) in [5.74, 6) is 0.800. The Bertz CT molecular complexity index is 427. The molecule has 0 aromatic heterocycles. The fourth-order valence-corrected chi connectivity index (χ4v) is 2.32. The standard InChI is InChI=1S/C16H27NO2/c1-15(2,3)11-8-9-13(19-7)12(10-11)14(17-6)16(4,5)18/h8-10,14,17-18H,1-7H3. The van der Waals surface area contributed by atoms with Gasteiger partial charge in [0.1, 0.15) is 5.75 Å². The summed E-state index contributed by atoms with van der Waals surface area (Å²) < 4.78 is 5.44. The van der Waals surface area contributed by atoms with E-state index < -0.39 is 5.60 Å². The van der Waals surface area contributed by atoms with Gasteiger partial charge < -0.3 is 15.2 Å². The molecule has 1 unspecified atom stereocenters. The summed E-state index contributed by atoms with van der Waals surface area (Å²) in [6.07, 6.45) is 0. The average molecular weight is 265 g/mol. The van der Waals surface area contributed by atoms with Crippen molar-refractivity contribution in [3.63, 3.8) is 0 Å². The van der Waals surface area contributed by atoms with E-state index in [1.54, 1.807) is 21.0 Å². The first-order valence-electron chi connectivity index (χ1n) is 6.69. The molecule has 0 fully saturated rings. The molecular formula is C16H27NO2. The van der Waals surface area contributed by atoms with E-state index >= 15 is 0 Å². The number of nitrogens with one attached hydrogen (secondary N) is 1. The van der Waals surface area contributed by atoms with Crippen LogP contribution in [0.1, 0.15) is 51.8 Å². The van der Waals surface area contributed by atoms with Crippen molar-refractivity contribution in [2.24, 2.45) is 0 Å². The number of rotatable bonds is 4. The quantitative estimate of drug-likeness (QED) is 0.879. The predicted octanol–water partition coefficient (Wildman–Crippen LogP) is 3.02. The van der Waals surface area contributed by atoms with E-state index in [0.29, 0.717) is 0 Å². The summed E-state index contributed by atoms with van der Waals surface area (Å²) in [6.45, 7) is 10.1. The minimum Gasteiger partial charge on any atom is -0.496 e. The summed E-state index contributed by atoms with van der Waals surface area (Å²) in [5.41, 5.74) is 1.43. The van der Waals surface area contributed by atoms with Gasteiger partial charge in [-0.3, -0.25) is 0 Å². The molecule has 1 rings (SSSR count). The van der Waals surface area contributed by atoms with Crippen molar-refractivity contribution in [3.8, 4) is 5.75 Å². The fraction of sp³-hybridized carbons (Fsp3) is 0.625. The highest BCUT2D eigenvalue weighted by molar-refractivity contribution is 5.42. The molecule has 0 aliphatic heterocycles. The molecule has 0 heterocycles. The van der Waals surface area contributed by atoms with E-state index in [4.69, 9.17) is 4.74 Å². The van der Waals surface area contributed by atoms with E-state index in [2.05, 4.69) is 38.2 Å². The number of benzene rings is 1. The van der Waals surface area contributed by atoms with E-state index in [1.807, 2.05) is 13.1 Å². The highest BCUT2D eigenvalue weighted by Crippen LogP contribution is 2.35. The van der Waals surface area contributed by atoms with Crippen LogP contribution in [0.25, 0.3) is 0 Å². The molecule has 0 aliphatic rings. The van der Waals surface area contributed by atoms with Gasteiger partial charge in [-0.15, -0.1) is 0 Å². The SMILES string of the molecule is CNC(c1cc(C(C)(C)C)ccc1OC)C(C)(C)O. The lowest BCUT2D eigenvalue weighted by Gasteiger charge is -2.32. The second kappa shape index (κ2) is 5.51. The summed E-state index contributed by atoms with van der Waals surface area (Å²) in [6, 6.07) is 6.01. The van der Waals surface area contributed by atoms with Crippen molar-refractivity contribution in [2.45, 2.75) is 51.7 Å². The van der Waals surface area contributed by atoms with E-state index in [1.165, 1.54) is 5.56 Å². The van der Waals surface area contributed by atoms with Gasteiger partial charge in [-0.25, -0.2) is 0 Å². The third kappa shape index (κ3) is 3.71. The molecule has 0 aliphatic carbocycles. The Morgan fingerprint density at radius 3 is 2.11 bits per heavy atom. The van der Waals surface area contributed by atoms with Crippen LogP contribution < -0.4 is 10.1 Å². The van der Waals surface area contributed by atoms with Crippen LogP contribution in [0.5, 0.6) is 5.75 Å². The molecule has 1 aromatic carbocycles. The van der Waals surface area contributed by atoms with Gasteiger partial charge in [-0.2, -0.15) is 0 Å². The second-order valence-electron chi connectivity index (χ2n) is 6.58. The first-order chi connectivity index (χ1) is 8.61. The highest BCUT2D eigenvalue weighted by atomic mass is 16.5. The van der Waals surface area contributed by atoms with Crippen LogP contribution in [-0.2, 0) is 5.41 Å². The van der Waals surface area contributed by atoms with Crippen molar-refractivity contribution in [1.29, 1.82) is 0 Å². The molecular weight excluding hydrogens is 238 g/mol. The number of methoxy groups -OCH3 is 1. The lowest BCUT2D eigenvalue weighted by atomic mass is 9.83. The number of aliphatic hydroxyl groups is 1. The third-order valence-electron chi connectivity index (χ3n) is 3.40. The van der Waals surface area contributed by atoms with Crippen molar-refractivity contribution < 1.29 is 9.84 Å². The molecule has 2 N–H and O–H groups in total. The monoisotopic (exact) mass is 265 g/mol. The Hall–Kier alpha value is -1.06. The Kier molecular flexibility index (Phi) is 4.64. The number of likely N-dealkylation sites (N-methyl/N-ethyl adjacent to an activating group) is 1. The summed E-state index contributed by atoms with van der Waals surface area (Å²) >= 11 is 0. The van der Waals surface area contributed by atoms with Crippen LogP contribution in [0.3, 0.4) is 0 Å².